The van der Waals surface area contributed by atoms with Crippen molar-refractivity contribution < 1.29 is 0 Å². The van der Waals surface area contributed by atoms with E-state index in [0.717, 1.165) is 33.7 Å². The molecule has 0 aliphatic carbocycles. The van der Waals surface area contributed by atoms with E-state index in [4.69, 9.17) is 0 Å². The van der Waals surface area contributed by atoms with Crippen molar-refractivity contribution >= 4 is 39.6 Å². The third-order valence-corrected chi connectivity index (χ3v) is 10.5. The van der Waals surface area contributed by atoms with Crippen molar-refractivity contribution in [2.24, 2.45) is 0 Å². The van der Waals surface area contributed by atoms with Crippen LogP contribution in [0.3, 0.4) is 0 Å². The van der Waals surface area contributed by atoms with Crippen molar-refractivity contribution in [1.82, 2.24) is 4.57 Å². The number of aromatic nitrogens is 1. The van der Waals surface area contributed by atoms with E-state index in [9.17, 15) is 4.79 Å². The fourth-order valence-corrected chi connectivity index (χ4v) is 8.72. The highest BCUT2D eigenvalue weighted by Crippen LogP contribution is 2.62. The van der Waals surface area contributed by atoms with E-state index >= 15 is 0 Å². The van der Waals surface area contributed by atoms with Gasteiger partial charge in [-0.25, -0.2) is 0 Å². The standard InChI is InChI=1S/C41H28N2OS/c1-27-26-42(28-13-3-2-4-14-28)40(44)31-25-29(23-24-30(27)31)43-36-19-9-5-15-32(36)41(33-16-6-10-20-37(33)43)34-17-7-11-21-38(34)45-39-22-12-8-18-35(39)41/h2-26H,1H3. The largest absolute Gasteiger partial charge is 0.310 e. The number of pyridine rings is 1. The predicted molar refractivity (Wildman–Crippen MR) is 185 cm³/mol. The van der Waals surface area contributed by atoms with Crippen LogP contribution in [-0.2, 0) is 5.41 Å². The van der Waals surface area contributed by atoms with Gasteiger partial charge in [0.2, 0.25) is 0 Å². The molecule has 2 aliphatic rings. The highest BCUT2D eigenvalue weighted by molar-refractivity contribution is 7.99. The zero-order chi connectivity index (χ0) is 30.1. The Morgan fingerprint density at radius 2 is 1.07 bits per heavy atom. The molecule has 1 aromatic heterocycles. The van der Waals surface area contributed by atoms with Crippen LogP contribution in [0.15, 0.2) is 166 Å². The number of fused-ring (bicyclic) bond motifs is 9. The highest BCUT2D eigenvalue weighted by Gasteiger charge is 2.50. The van der Waals surface area contributed by atoms with Crippen molar-refractivity contribution in [3.8, 4) is 5.69 Å². The molecule has 214 valence electrons. The lowest BCUT2D eigenvalue weighted by molar-refractivity contribution is 0.692. The fourth-order valence-electron chi connectivity index (χ4n) is 7.52. The van der Waals surface area contributed by atoms with Gasteiger partial charge in [-0.3, -0.25) is 9.36 Å². The van der Waals surface area contributed by atoms with Gasteiger partial charge in [-0.05, 0) is 88.7 Å². The minimum absolute atomic E-state index is 0.0224. The molecule has 9 rings (SSSR count). The zero-order valence-corrected chi connectivity index (χ0v) is 25.5. The Hall–Kier alpha value is -5.32. The number of para-hydroxylation sites is 3. The molecule has 0 radical (unpaired) electrons. The molecule has 7 aromatic rings. The van der Waals surface area contributed by atoms with Crippen LogP contribution in [0.4, 0.5) is 17.1 Å². The topological polar surface area (TPSA) is 25.2 Å². The Kier molecular flexibility index (Phi) is 5.71. The molecule has 0 N–H and O–H groups in total. The van der Waals surface area contributed by atoms with Gasteiger partial charge in [-0.15, -0.1) is 0 Å². The summed E-state index contributed by atoms with van der Waals surface area (Å²) >= 11 is 1.85. The first-order chi connectivity index (χ1) is 22.2. The number of nitrogens with zero attached hydrogens (tertiary/aromatic N) is 2. The first-order valence-electron chi connectivity index (χ1n) is 15.2. The van der Waals surface area contributed by atoms with E-state index in [2.05, 4.69) is 127 Å². The summed E-state index contributed by atoms with van der Waals surface area (Å²) in [6.45, 7) is 2.08. The van der Waals surface area contributed by atoms with Crippen molar-refractivity contribution in [1.29, 1.82) is 0 Å². The Balaban J connectivity index is 1.35. The molecule has 3 heterocycles. The molecule has 2 aliphatic heterocycles. The number of benzene rings is 6. The van der Waals surface area contributed by atoms with Crippen LogP contribution in [0, 0.1) is 6.92 Å². The Bertz CT molecular complexity index is 2260. The summed E-state index contributed by atoms with van der Waals surface area (Å²) in [4.78, 5) is 19.0. The van der Waals surface area contributed by atoms with Gasteiger partial charge in [0.25, 0.3) is 5.56 Å². The zero-order valence-electron chi connectivity index (χ0n) is 24.6. The van der Waals surface area contributed by atoms with Crippen molar-refractivity contribution in [3.05, 3.63) is 190 Å². The molecule has 0 fully saturated rings. The maximum absolute atomic E-state index is 14.1. The first kappa shape index (κ1) is 26.1. The second kappa shape index (κ2) is 9.85. The van der Waals surface area contributed by atoms with Gasteiger partial charge in [0, 0.05) is 32.7 Å². The molecule has 0 bridgehead atoms. The summed E-state index contributed by atoms with van der Waals surface area (Å²) in [7, 11) is 0. The van der Waals surface area contributed by atoms with Crippen LogP contribution in [0.25, 0.3) is 16.5 Å². The summed E-state index contributed by atoms with van der Waals surface area (Å²) < 4.78 is 1.77. The summed E-state index contributed by atoms with van der Waals surface area (Å²) in [5.74, 6) is 0. The number of hydrogen-bond donors (Lipinski definition) is 0. The average Bonchev–Trinajstić information content (AvgIpc) is 3.10. The number of rotatable bonds is 2. The molecule has 0 saturated carbocycles. The van der Waals surface area contributed by atoms with Crippen LogP contribution >= 0.6 is 11.8 Å². The molecule has 4 heteroatoms. The summed E-state index contributed by atoms with van der Waals surface area (Å²) in [5.41, 5.74) is 9.66. The summed E-state index contributed by atoms with van der Waals surface area (Å²) in [5, 5.41) is 1.68. The van der Waals surface area contributed by atoms with E-state index in [1.807, 2.05) is 48.3 Å². The second-order valence-corrected chi connectivity index (χ2v) is 12.9. The number of aryl methyl sites for hydroxylation is 1. The van der Waals surface area contributed by atoms with Crippen LogP contribution in [0.5, 0.6) is 0 Å². The van der Waals surface area contributed by atoms with E-state index in [0.29, 0.717) is 5.39 Å². The SMILES string of the molecule is Cc1cn(-c2ccccc2)c(=O)c2cc(N3c4ccccc4C4(c5ccccc5Sc5ccccc54)c4ccccc43)ccc12. The third-order valence-electron chi connectivity index (χ3n) is 9.39. The monoisotopic (exact) mass is 596 g/mol. The average molecular weight is 597 g/mol. The molecule has 0 atom stereocenters. The summed E-state index contributed by atoms with van der Waals surface area (Å²) in [6, 6.07) is 51.5. The molecule has 1 spiro atoms. The summed E-state index contributed by atoms with van der Waals surface area (Å²) in [6.07, 6.45) is 1.95. The van der Waals surface area contributed by atoms with Crippen LogP contribution in [0.1, 0.15) is 27.8 Å². The van der Waals surface area contributed by atoms with Crippen LogP contribution < -0.4 is 10.5 Å². The van der Waals surface area contributed by atoms with Gasteiger partial charge in [0.15, 0.2) is 0 Å². The van der Waals surface area contributed by atoms with Gasteiger partial charge >= 0.3 is 0 Å². The number of hydrogen-bond acceptors (Lipinski definition) is 3. The van der Waals surface area contributed by atoms with Crippen molar-refractivity contribution in [2.45, 2.75) is 22.1 Å². The van der Waals surface area contributed by atoms with Gasteiger partial charge in [-0.1, -0.05) is 109 Å². The maximum Gasteiger partial charge on any atom is 0.263 e. The lowest BCUT2D eigenvalue weighted by Crippen LogP contribution is -2.39. The Labute approximate surface area is 266 Å². The van der Waals surface area contributed by atoms with Crippen molar-refractivity contribution in [2.75, 3.05) is 4.90 Å². The molecule has 45 heavy (non-hydrogen) atoms. The quantitative estimate of drug-likeness (QED) is 0.199. The van der Waals surface area contributed by atoms with Gasteiger partial charge in [0.1, 0.15) is 0 Å². The highest BCUT2D eigenvalue weighted by atomic mass is 32.2. The predicted octanol–water partition coefficient (Wildman–Crippen LogP) is 9.93. The smallest absolute Gasteiger partial charge is 0.263 e. The third kappa shape index (κ3) is 3.63. The van der Waals surface area contributed by atoms with Gasteiger partial charge in [0.05, 0.1) is 16.8 Å². The van der Waals surface area contributed by atoms with Gasteiger partial charge in [-0.2, -0.15) is 0 Å². The van der Waals surface area contributed by atoms with E-state index in [1.165, 1.54) is 32.0 Å². The molecule has 0 saturated heterocycles. The minimum atomic E-state index is -0.490. The molecular weight excluding hydrogens is 569 g/mol. The minimum Gasteiger partial charge on any atom is -0.310 e. The van der Waals surface area contributed by atoms with E-state index in [-0.39, 0.29) is 5.56 Å². The lowest BCUT2D eigenvalue weighted by Gasteiger charge is -2.49. The Morgan fingerprint density at radius 3 is 1.69 bits per heavy atom. The Morgan fingerprint density at radius 1 is 0.533 bits per heavy atom. The van der Waals surface area contributed by atoms with E-state index in [1.54, 1.807) is 4.57 Å². The first-order valence-corrected chi connectivity index (χ1v) is 16.1. The molecule has 6 aromatic carbocycles. The molecular formula is C41H28N2OS. The second-order valence-electron chi connectivity index (χ2n) is 11.8. The van der Waals surface area contributed by atoms with Crippen LogP contribution in [0.2, 0.25) is 0 Å². The lowest BCUT2D eigenvalue weighted by atomic mass is 9.62. The fraction of sp³-hybridized carbons (Fsp3) is 0.0488. The van der Waals surface area contributed by atoms with Gasteiger partial charge < -0.3 is 4.90 Å². The van der Waals surface area contributed by atoms with E-state index < -0.39 is 5.41 Å². The maximum atomic E-state index is 14.1. The molecule has 0 amide bonds. The molecule has 3 nitrogen and oxygen atoms in total. The normalized spacial score (nSPS) is 14.0. The van der Waals surface area contributed by atoms with Crippen LogP contribution in [-0.4, -0.2) is 4.57 Å². The number of anilines is 3. The van der Waals surface area contributed by atoms with Crippen molar-refractivity contribution in [3.63, 3.8) is 0 Å². The molecule has 0 unspecified atom stereocenters.